The Bertz CT molecular complexity index is 488. The molecule has 0 aromatic heterocycles. The summed E-state index contributed by atoms with van der Waals surface area (Å²) in [6.45, 7) is 0.308. The lowest BCUT2D eigenvalue weighted by Crippen LogP contribution is -2.40. The summed E-state index contributed by atoms with van der Waals surface area (Å²) in [5, 5.41) is 10.5. The minimum absolute atomic E-state index is 0.0986. The van der Waals surface area contributed by atoms with Gasteiger partial charge in [-0.15, -0.1) is 0 Å². The summed E-state index contributed by atoms with van der Waals surface area (Å²) < 4.78 is 49.6. The molecule has 1 aromatic rings. The molecule has 0 spiro atoms. The third kappa shape index (κ3) is 3.82. The summed E-state index contributed by atoms with van der Waals surface area (Å²) in [6.07, 6.45) is -7.56. The van der Waals surface area contributed by atoms with Crippen molar-refractivity contribution in [3.05, 3.63) is 29.1 Å². The van der Waals surface area contributed by atoms with Crippen LogP contribution in [0.3, 0.4) is 0 Å². The lowest BCUT2D eigenvalue weighted by Gasteiger charge is -2.15. The van der Waals surface area contributed by atoms with Crippen LogP contribution in [-0.4, -0.2) is 29.8 Å². The van der Waals surface area contributed by atoms with E-state index in [-0.39, 0.29) is 11.3 Å². The number of hydrogen-bond acceptors (Lipinski definition) is 3. The Balaban J connectivity index is 2.80. The summed E-state index contributed by atoms with van der Waals surface area (Å²) >= 11 is 0. The molecule has 1 aromatic carbocycles. The van der Waals surface area contributed by atoms with Crippen LogP contribution < -0.4 is 11.1 Å². The van der Waals surface area contributed by atoms with Crippen molar-refractivity contribution in [1.82, 2.24) is 5.32 Å². The molecule has 19 heavy (non-hydrogen) atoms. The fourth-order valence-corrected chi connectivity index (χ4v) is 1.36. The molecule has 106 valence electrons. The molecule has 0 bridgehead atoms. The number of nitrogens with one attached hydrogen (secondary N) is 1. The highest BCUT2D eigenvalue weighted by Crippen LogP contribution is 2.20. The highest BCUT2D eigenvalue weighted by molar-refractivity contribution is 5.95. The number of nitrogens with two attached hydrogens (primary N) is 1. The zero-order valence-corrected chi connectivity index (χ0v) is 9.88. The van der Waals surface area contributed by atoms with Crippen LogP contribution in [0.2, 0.25) is 0 Å². The number of amides is 1. The van der Waals surface area contributed by atoms with Gasteiger partial charge in [0.05, 0.1) is 12.1 Å². The molecule has 0 aliphatic rings. The summed E-state index contributed by atoms with van der Waals surface area (Å²) in [5.74, 6) is -1.94. The van der Waals surface area contributed by atoms with Gasteiger partial charge in [-0.05, 0) is 24.6 Å². The van der Waals surface area contributed by atoms with Gasteiger partial charge in [-0.1, -0.05) is 0 Å². The Morgan fingerprint density at radius 3 is 2.58 bits per heavy atom. The zero-order valence-electron chi connectivity index (χ0n) is 9.88. The van der Waals surface area contributed by atoms with E-state index in [1.54, 1.807) is 5.32 Å². The van der Waals surface area contributed by atoms with Gasteiger partial charge in [0.2, 0.25) is 0 Å². The number of rotatable bonds is 3. The van der Waals surface area contributed by atoms with Gasteiger partial charge < -0.3 is 16.2 Å². The van der Waals surface area contributed by atoms with E-state index in [1.807, 2.05) is 0 Å². The molecule has 0 aliphatic heterocycles. The van der Waals surface area contributed by atoms with Crippen LogP contribution in [0.4, 0.5) is 23.2 Å². The van der Waals surface area contributed by atoms with Crippen molar-refractivity contribution in [3.63, 3.8) is 0 Å². The van der Waals surface area contributed by atoms with Crippen LogP contribution in [0.5, 0.6) is 0 Å². The van der Waals surface area contributed by atoms with E-state index in [0.29, 0.717) is 0 Å². The number of nitrogen functional groups attached to an aromatic ring is 1. The van der Waals surface area contributed by atoms with Gasteiger partial charge in [0.1, 0.15) is 5.82 Å². The van der Waals surface area contributed by atoms with Crippen LogP contribution in [0.15, 0.2) is 12.1 Å². The predicted octanol–water partition coefficient (Wildman–Crippen LogP) is 1.37. The van der Waals surface area contributed by atoms with Gasteiger partial charge in [-0.25, -0.2) is 4.39 Å². The Morgan fingerprint density at radius 1 is 1.47 bits per heavy atom. The highest BCUT2D eigenvalue weighted by atomic mass is 19.4. The minimum Gasteiger partial charge on any atom is -0.399 e. The number of aryl methyl sites for hydroxylation is 1. The molecule has 4 nitrogen and oxygen atoms in total. The fourth-order valence-electron chi connectivity index (χ4n) is 1.36. The number of halogens is 4. The standard InChI is InChI=1S/C11H12F4N2O2/c1-5-2-6(16)3-7(9(5)12)10(19)17-4-8(18)11(13,14)15/h2-3,8,18H,4,16H2,1H3,(H,17,19). The number of aliphatic hydroxyl groups excluding tert-OH is 1. The van der Waals surface area contributed by atoms with Crippen molar-refractivity contribution in [1.29, 1.82) is 0 Å². The summed E-state index contributed by atoms with van der Waals surface area (Å²) in [7, 11) is 0. The van der Waals surface area contributed by atoms with E-state index in [9.17, 15) is 22.4 Å². The van der Waals surface area contributed by atoms with E-state index in [4.69, 9.17) is 10.8 Å². The Hall–Kier alpha value is -1.83. The van der Waals surface area contributed by atoms with Crippen LogP contribution in [0, 0.1) is 12.7 Å². The number of benzene rings is 1. The molecule has 0 heterocycles. The number of alkyl halides is 3. The summed E-state index contributed by atoms with van der Waals surface area (Å²) in [5.41, 5.74) is 5.16. The maximum atomic E-state index is 13.6. The molecule has 0 radical (unpaired) electrons. The molecule has 0 saturated heterocycles. The van der Waals surface area contributed by atoms with Crippen LogP contribution in [0.25, 0.3) is 0 Å². The largest absolute Gasteiger partial charge is 0.416 e. The second-order valence-electron chi connectivity index (χ2n) is 3.97. The molecule has 1 atom stereocenters. The predicted molar refractivity (Wildman–Crippen MR) is 59.9 cm³/mol. The average Bonchev–Trinajstić information content (AvgIpc) is 2.28. The summed E-state index contributed by atoms with van der Waals surface area (Å²) in [4.78, 5) is 11.5. The highest BCUT2D eigenvalue weighted by Gasteiger charge is 2.38. The first kappa shape index (κ1) is 15.2. The third-order valence-corrected chi connectivity index (χ3v) is 2.36. The molecule has 0 saturated carbocycles. The lowest BCUT2D eigenvalue weighted by atomic mass is 10.1. The van der Waals surface area contributed by atoms with Crippen molar-refractivity contribution in [3.8, 4) is 0 Å². The van der Waals surface area contributed by atoms with E-state index >= 15 is 0 Å². The molecular weight excluding hydrogens is 268 g/mol. The molecule has 0 aliphatic carbocycles. The second-order valence-corrected chi connectivity index (χ2v) is 3.97. The van der Waals surface area contributed by atoms with Crippen LogP contribution >= 0.6 is 0 Å². The lowest BCUT2D eigenvalue weighted by molar-refractivity contribution is -0.201. The molecule has 0 fully saturated rings. The van der Waals surface area contributed by atoms with Gasteiger partial charge in [-0.3, -0.25) is 4.79 Å². The van der Waals surface area contributed by atoms with E-state index in [2.05, 4.69) is 0 Å². The average molecular weight is 280 g/mol. The first-order valence-corrected chi connectivity index (χ1v) is 5.21. The first-order chi connectivity index (χ1) is 8.62. The number of carbonyl (C=O) groups is 1. The smallest absolute Gasteiger partial charge is 0.399 e. The van der Waals surface area contributed by atoms with E-state index < -0.39 is 36.1 Å². The van der Waals surface area contributed by atoms with E-state index in [0.717, 1.165) is 6.07 Å². The second kappa shape index (κ2) is 5.43. The van der Waals surface area contributed by atoms with Crippen molar-refractivity contribution < 1.29 is 27.5 Å². The molecular formula is C11H12F4N2O2. The SMILES string of the molecule is Cc1cc(N)cc(C(=O)NCC(O)C(F)(F)F)c1F. The number of anilines is 1. The Labute approximate surface area is 106 Å². The minimum atomic E-state index is -4.85. The maximum absolute atomic E-state index is 13.6. The fraction of sp³-hybridized carbons (Fsp3) is 0.364. The quantitative estimate of drug-likeness (QED) is 0.578. The molecule has 1 rings (SSSR count). The van der Waals surface area contributed by atoms with Gasteiger partial charge in [0.15, 0.2) is 6.10 Å². The van der Waals surface area contributed by atoms with Crippen LogP contribution in [-0.2, 0) is 0 Å². The van der Waals surface area contributed by atoms with Crippen molar-refractivity contribution >= 4 is 11.6 Å². The van der Waals surface area contributed by atoms with Crippen molar-refractivity contribution in [2.75, 3.05) is 12.3 Å². The zero-order chi connectivity index (χ0) is 14.8. The first-order valence-electron chi connectivity index (χ1n) is 5.21. The third-order valence-electron chi connectivity index (χ3n) is 2.36. The normalized spacial score (nSPS) is 13.2. The molecule has 8 heteroatoms. The van der Waals surface area contributed by atoms with Crippen molar-refractivity contribution in [2.45, 2.75) is 19.2 Å². The monoisotopic (exact) mass is 280 g/mol. The number of carbonyl (C=O) groups excluding carboxylic acids is 1. The van der Waals surface area contributed by atoms with Gasteiger partial charge in [0.25, 0.3) is 5.91 Å². The topological polar surface area (TPSA) is 75.4 Å². The molecule has 1 unspecified atom stereocenters. The van der Waals surface area contributed by atoms with Crippen LogP contribution in [0.1, 0.15) is 15.9 Å². The Kier molecular flexibility index (Phi) is 4.35. The summed E-state index contributed by atoms with van der Waals surface area (Å²) in [6, 6.07) is 2.30. The molecule has 1 amide bonds. The van der Waals surface area contributed by atoms with Gasteiger partial charge in [-0.2, -0.15) is 13.2 Å². The van der Waals surface area contributed by atoms with E-state index in [1.165, 1.54) is 13.0 Å². The molecule has 4 N–H and O–H groups in total. The number of aliphatic hydroxyl groups is 1. The van der Waals surface area contributed by atoms with Crippen molar-refractivity contribution in [2.24, 2.45) is 0 Å². The van der Waals surface area contributed by atoms with Gasteiger partial charge in [0, 0.05) is 5.69 Å². The maximum Gasteiger partial charge on any atom is 0.416 e. The van der Waals surface area contributed by atoms with Gasteiger partial charge >= 0.3 is 6.18 Å². The Morgan fingerprint density at radius 2 is 2.05 bits per heavy atom. The number of hydrogen-bond donors (Lipinski definition) is 3.